The van der Waals surface area contributed by atoms with Crippen LogP contribution in [-0.4, -0.2) is 10.2 Å². The normalized spacial score (nSPS) is 11.9. The fourth-order valence-corrected chi connectivity index (χ4v) is 2.93. The number of fused-ring (bicyclic) bond motifs is 1. The number of hydrogen-bond donors (Lipinski definition) is 2. The van der Waals surface area contributed by atoms with Gasteiger partial charge in [0, 0.05) is 4.70 Å². The van der Waals surface area contributed by atoms with Crippen molar-refractivity contribution in [2.24, 2.45) is 0 Å². The van der Waals surface area contributed by atoms with E-state index in [2.05, 4.69) is 32.0 Å². The largest absolute Gasteiger partial charge is 0.364 e. The summed E-state index contributed by atoms with van der Waals surface area (Å²) in [7, 11) is 0. The summed E-state index contributed by atoms with van der Waals surface area (Å²) < 4.78 is 1.12. The second kappa shape index (κ2) is 4.17. The smallest absolute Gasteiger partial charge is 0.188 e. The zero-order valence-corrected chi connectivity index (χ0v) is 10.5. The zero-order chi connectivity index (χ0) is 11.9. The summed E-state index contributed by atoms with van der Waals surface area (Å²) in [5.74, 6) is 0.492. The van der Waals surface area contributed by atoms with Gasteiger partial charge < -0.3 is 10.2 Å². The molecule has 0 bridgehead atoms. The third kappa shape index (κ3) is 1.86. The predicted octanol–water partition coefficient (Wildman–Crippen LogP) is 3.32. The molecule has 0 radical (unpaired) electrons. The monoisotopic (exact) mass is 236 g/mol. The van der Waals surface area contributed by atoms with Gasteiger partial charge in [0.05, 0.1) is 4.88 Å². The van der Waals surface area contributed by atoms with E-state index in [0.717, 1.165) is 15.6 Å². The molecule has 0 unspecified atom stereocenters. The molecule has 0 saturated carbocycles. The zero-order valence-electron chi connectivity index (χ0n) is 9.69. The van der Waals surface area contributed by atoms with E-state index in [-0.39, 0.29) is 0 Å². The maximum absolute atomic E-state index is 9.25. The second-order valence-corrected chi connectivity index (χ2v) is 5.46. The average molecular weight is 236 g/mol. The first kappa shape index (κ1) is 11.6. The van der Waals surface area contributed by atoms with E-state index in [1.165, 1.54) is 16.9 Å². The van der Waals surface area contributed by atoms with Crippen LogP contribution in [-0.2, 0) is 0 Å². The van der Waals surface area contributed by atoms with Gasteiger partial charge in [0.25, 0.3) is 0 Å². The van der Waals surface area contributed by atoms with Gasteiger partial charge in [-0.25, -0.2) is 0 Å². The van der Waals surface area contributed by atoms with E-state index in [1.807, 2.05) is 6.92 Å². The second-order valence-electron chi connectivity index (χ2n) is 4.38. The number of aryl methyl sites for hydroxylation is 1. The van der Waals surface area contributed by atoms with Gasteiger partial charge in [-0.2, -0.15) is 0 Å². The Balaban J connectivity index is 2.64. The van der Waals surface area contributed by atoms with Crippen molar-refractivity contribution >= 4 is 21.4 Å². The molecule has 1 aromatic heterocycles. The first-order chi connectivity index (χ1) is 7.50. The summed E-state index contributed by atoms with van der Waals surface area (Å²) in [5.41, 5.74) is 2.27. The lowest BCUT2D eigenvalue weighted by Crippen LogP contribution is -1.92. The number of aliphatic hydroxyl groups excluding tert-OH is 1. The Morgan fingerprint density at radius 2 is 1.88 bits per heavy atom. The van der Waals surface area contributed by atoms with Gasteiger partial charge in [0.1, 0.15) is 0 Å². The summed E-state index contributed by atoms with van der Waals surface area (Å²) in [4.78, 5) is 0.649. The molecule has 0 atom stereocenters. The molecule has 2 aromatic rings. The molecular formula is C13H16O2S. The molecule has 0 amide bonds. The molecule has 2 nitrogen and oxygen atoms in total. The lowest BCUT2D eigenvalue weighted by molar-refractivity contribution is -0.0398. The van der Waals surface area contributed by atoms with Crippen LogP contribution in [0.2, 0.25) is 0 Å². The quantitative estimate of drug-likeness (QED) is 0.785. The van der Waals surface area contributed by atoms with Crippen LogP contribution in [0.5, 0.6) is 0 Å². The molecule has 0 fully saturated rings. The molecule has 0 spiro atoms. The van der Waals surface area contributed by atoms with Gasteiger partial charge in [-0.15, -0.1) is 11.3 Å². The Morgan fingerprint density at radius 3 is 2.44 bits per heavy atom. The van der Waals surface area contributed by atoms with Crippen LogP contribution >= 0.6 is 11.3 Å². The summed E-state index contributed by atoms with van der Waals surface area (Å²) >= 11 is 1.45. The van der Waals surface area contributed by atoms with E-state index < -0.39 is 6.29 Å². The third-order valence-electron chi connectivity index (χ3n) is 2.90. The van der Waals surface area contributed by atoms with Crippen LogP contribution < -0.4 is 0 Å². The Hall–Kier alpha value is -0.900. The molecule has 16 heavy (non-hydrogen) atoms. The first-order valence-electron chi connectivity index (χ1n) is 5.39. The number of thiophene rings is 1. The topological polar surface area (TPSA) is 40.5 Å². The van der Waals surface area contributed by atoms with Crippen molar-refractivity contribution in [3.8, 4) is 0 Å². The van der Waals surface area contributed by atoms with Crippen LogP contribution in [0, 0.1) is 6.92 Å². The van der Waals surface area contributed by atoms with Gasteiger partial charge in [-0.3, -0.25) is 0 Å². The fraction of sp³-hybridized carbons (Fsp3) is 0.385. The summed E-state index contributed by atoms with van der Waals surface area (Å²) in [5, 5.41) is 19.6. The van der Waals surface area contributed by atoms with Crippen molar-refractivity contribution in [3.05, 3.63) is 34.2 Å². The summed E-state index contributed by atoms with van der Waals surface area (Å²) in [6.07, 6.45) is -1.36. The Kier molecular flexibility index (Phi) is 3.02. The third-order valence-corrected chi connectivity index (χ3v) is 4.21. The molecule has 1 heterocycles. The minimum absolute atomic E-state index is 0.492. The van der Waals surface area contributed by atoms with Crippen LogP contribution in [0.1, 0.15) is 42.1 Å². The number of hydrogen-bond acceptors (Lipinski definition) is 3. The van der Waals surface area contributed by atoms with Crippen LogP contribution in [0.15, 0.2) is 18.2 Å². The van der Waals surface area contributed by atoms with Crippen molar-refractivity contribution in [2.75, 3.05) is 0 Å². The predicted molar refractivity (Wildman–Crippen MR) is 67.8 cm³/mol. The SMILES string of the molecule is Cc1c(C(O)O)sc2ccc(C(C)C)cc12. The van der Waals surface area contributed by atoms with E-state index in [9.17, 15) is 10.2 Å². The van der Waals surface area contributed by atoms with Gasteiger partial charge in [-0.05, 0) is 41.5 Å². The van der Waals surface area contributed by atoms with Gasteiger partial charge >= 0.3 is 0 Å². The molecular weight excluding hydrogens is 220 g/mol. The number of aliphatic hydroxyl groups is 2. The molecule has 0 aliphatic rings. The van der Waals surface area contributed by atoms with E-state index in [4.69, 9.17) is 0 Å². The minimum Gasteiger partial charge on any atom is -0.364 e. The molecule has 0 saturated heterocycles. The van der Waals surface area contributed by atoms with Crippen molar-refractivity contribution in [1.82, 2.24) is 0 Å². The highest BCUT2D eigenvalue weighted by Crippen LogP contribution is 2.35. The maximum Gasteiger partial charge on any atom is 0.188 e. The molecule has 2 N–H and O–H groups in total. The lowest BCUT2D eigenvalue weighted by Gasteiger charge is -2.05. The Bertz CT molecular complexity index is 512. The highest BCUT2D eigenvalue weighted by atomic mass is 32.1. The number of rotatable bonds is 2. The highest BCUT2D eigenvalue weighted by molar-refractivity contribution is 7.19. The molecule has 2 rings (SSSR count). The summed E-state index contributed by atoms with van der Waals surface area (Å²) in [6.45, 7) is 6.26. The molecule has 3 heteroatoms. The van der Waals surface area contributed by atoms with Crippen molar-refractivity contribution in [2.45, 2.75) is 33.0 Å². The van der Waals surface area contributed by atoms with E-state index >= 15 is 0 Å². The molecule has 0 aliphatic heterocycles. The molecule has 86 valence electrons. The standard InChI is InChI=1S/C13H16O2S/c1-7(2)9-4-5-11-10(6-9)8(3)12(16-11)13(14)15/h4-7,13-15H,1-3H3. The van der Waals surface area contributed by atoms with Crippen molar-refractivity contribution < 1.29 is 10.2 Å². The Morgan fingerprint density at radius 1 is 1.19 bits per heavy atom. The van der Waals surface area contributed by atoms with Crippen molar-refractivity contribution in [3.63, 3.8) is 0 Å². The fourth-order valence-electron chi connectivity index (χ4n) is 1.86. The average Bonchev–Trinajstić information content (AvgIpc) is 2.56. The van der Waals surface area contributed by atoms with Crippen LogP contribution in [0.4, 0.5) is 0 Å². The van der Waals surface area contributed by atoms with Gasteiger partial charge in [-0.1, -0.05) is 19.9 Å². The molecule has 0 aliphatic carbocycles. The number of benzene rings is 1. The lowest BCUT2D eigenvalue weighted by atomic mass is 10.0. The Labute approximate surface area is 99.2 Å². The minimum atomic E-state index is -1.36. The van der Waals surface area contributed by atoms with E-state index in [1.54, 1.807) is 0 Å². The first-order valence-corrected chi connectivity index (χ1v) is 6.21. The van der Waals surface area contributed by atoms with Crippen LogP contribution in [0.25, 0.3) is 10.1 Å². The van der Waals surface area contributed by atoms with Crippen molar-refractivity contribution in [1.29, 1.82) is 0 Å². The van der Waals surface area contributed by atoms with Crippen LogP contribution in [0.3, 0.4) is 0 Å². The van der Waals surface area contributed by atoms with E-state index in [0.29, 0.717) is 10.8 Å². The maximum atomic E-state index is 9.25. The molecule has 1 aromatic carbocycles. The summed E-state index contributed by atoms with van der Waals surface area (Å²) in [6, 6.07) is 6.32. The van der Waals surface area contributed by atoms with Gasteiger partial charge in [0.15, 0.2) is 6.29 Å². The highest BCUT2D eigenvalue weighted by Gasteiger charge is 2.14. The van der Waals surface area contributed by atoms with Gasteiger partial charge in [0.2, 0.25) is 0 Å².